The second kappa shape index (κ2) is 58.2. The van der Waals surface area contributed by atoms with Crippen molar-refractivity contribution in [2.24, 2.45) is 0 Å². The third kappa shape index (κ3) is 56.3. The van der Waals surface area contributed by atoms with Crippen molar-refractivity contribution in [2.45, 2.75) is 322 Å². The molecular weight excluding hydrogens is 825 g/mol. The second-order valence-corrected chi connectivity index (χ2v) is 20.1. The van der Waals surface area contributed by atoms with Gasteiger partial charge in [-0.2, -0.15) is 0 Å². The van der Waals surface area contributed by atoms with E-state index in [1.54, 1.807) is 0 Å². The van der Waals surface area contributed by atoms with E-state index in [1.165, 1.54) is 225 Å². The van der Waals surface area contributed by atoms with Gasteiger partial charge in [0, 0.05) is 12.8 Å². The molecule has 0 amide bonds. The molecule has 0 aliphatic rings. The SMILES string of the molecule is CC/C=C\C/C=C\C/C=C\C/C=C\CCCCCCCCCCCCC(=O)OC(CO)COC(=O)CCCCCCCCCCCCCCCCCCCCCCCCCCCCCCCC. The van der Waals surface area contributed by atoms with E-state index in [0.717, 1.165) is 64.2 Å². The summed E-state index contributed by atoms with van der Waals surface area (Å²) in [4.78, 5) is 24.5. The maximum absolute atomic E-state index is 12.3. The number of carbonyl (C=O) groups excluding carboxylic acids is 2. The molecule has 0 aromatic carbocycles. The third-order valence-electron chi connectivity index (χ3n) is 13.4. The van der Waals surface area contributed by atoms with Crippen LogP contribution < -0.4 is 0 Å². The van der Waals surface area contributed by atoms with Crippen LogP contribution in [0.1, 0.15) is 316 Å². The molecule has 5 heteroatoms. The minimum absolute atomic E-state index is 0.0644. The smallest absolute Gasteiger partial charge is 0.306 e. The predicted octanol–water partition coefficient (Wildman–Crippen LogP) is 20.0. The number of hydrogen-bond acceptors (Lipinski definition) is 5. The average molecular weight is 940 g/mol. The lowest BCUT2D eigenvalue weighted by molar-refractivity contribution is -0.161. The summed E-state index contributed by atoms with van der Waals surface area (Å²) >= 11 is 0. The zero-order valence-corrected chi connectivity index (χ0v) is 44.9. The van der Waals surface area contributed by atoms with Crippen LogP contribution in [0.25, 0.3) is 0 Å². The van der Waals surface area contributed by atoms with Gasteiger partial charge in [0.1, 0.15) is 6.61 Å². The number of rotatable bonds is 55. The summed E-state index contributed by atoms with van der Waals surface area (Å²) in [5.41, 5.74) is 0. The van der Waals surface area contributed by atoms with Gasteiger partial charge in [-0.25, -0.2) is 0 Å². The molecule has 0 fully saturated rings. The van der Waals surface area contributed by atoms with Gasteiger partial charge in [-0.05, 0) is 51.4 Å². The fourth-order valence-corrected chi connectivity index (χ4v) is 8.96. The molecule has 0 aliphatic heterocycles. The van der Waals surface area contributed by atoms with Gasteiger partial charge in [0.05, 0.1) is 6.61 Å². The Labute approximate surface area is 418 Å². The minimum Gasteiger partial charge on any atom is -0.462 e. The Morgan fingerprint density at radius 2 is 0.642 bits per heavy atom. The number of hydrogen-bond donors (Lipinski definition) is 1. The largest absolute Gasteiger partial charge is 0.462 e. The molecule has 1 N–H and O–H groups in total. The van der Waals surface area contributed by atoms with Crippen molar-refractivity contribution in [1.82, 2.24) is 0 Å². The monoisotopic (exact) mass is 939 g/mol. The normalized spacial score (nSPS) is 12.5. The molecule has 1 atom stereocenters. The highest BCUT2D eigenvalue weighted by Crippen LogP contribution is 2.18. The van der Waals surface area contributed by atoms with Gasteiger partial charge in [-0.3, -0.25) is 9.59 Å². The molecule has 0 radical (unpaired) electrons. The fourth-order valence-electron chi connectivity index (χ4n) is 8.96. The third-order valence-corrected chi connectivity index (χ3v) is 13.4. The highest BCUT2D eigenvalue weighted by atomic mass is 16.6. The van der Waals surface area contributed by atoms with E-state index in [9.17, 15) is 14.7 Å². The highest BCUT2D eigenvalue weighted by Gasteiger charge is 2.16. The van der Waals surface area contributed by atoms with Crippen LogP contribution in [0.3, 0.4) is 0 Å². The molecule has 0 heterocycles. The zero-order chi connectivity index (χ0) is 48.5. The lowest BCUT2D eigenvalue weighted by Gasteiger charge is -2.15. The maximum Gasteiger partial charge on any atom is 0.306 e. The Kier molecular flexibility index (Phi) is 56.3. The predicted molar refractivity (Wildman–Crippen MR) is 293 cm³/mol. The number of carbonyl (C=O) groups is 2. The quantitative estimate of drug-likeness (QED) is 0.0374. The van der Waals surface area contributed by atoms with E-state index in [0.29, 0.717) is 12.8 Å². The topological polar surface area (TPSA) is 72.8 Å². The van der Waals surface area contributed by atoms with Crippen LogP contribution in [0.4, 0.5) is 0 Å². The van der Waals surface area contributed by atoms with E-state index in [1.807, 2.05) is 0 Å². The van der Waals surface area contributed by atoms with E-state index in [-0.39, 0.29) is 25.2 Å². The minimum atomic E-state index is -0.774. The number of esters is 2. The molecule has 0 aliphatic carbocycles. The number of aliphatic hydroxyl groups excluding tert-OH is 1. The van der Waals surface area contributed by atoms with Gasteiger partial charge in [-0.15, -0.1) is 0 Å². The average Bonchev–Trinajstić information content (AvgIpc) is 3.33. The first-order valence-electron chi connectivity index (χ1n) is 29.7. The molecule has 0 spiro atoms. The van der Waals surface area contributed by atoms with Crippen molar-refractivity contribution in [2.75, 3.05) is 13.2 Å². The van der Waals surface area contributed by atoms with Crippen LogP contribution in [-0.4, -0.2) is 36.4 Å². The van der Waals surface area contributed by atoms with Crippen molar-refractivity contribution in [3.05, 3.63) is 48.6 Å². The zero-order valence-electron chi connectivity index (χ0n) is 44.9. The molecule has 67 heavy (non-hydrogen) atoms. The summed E-state index contributed by atoms with van der Waals surface area (Å²) in [5, 5.41) is 9.66. The molecule has 392 valence electrons. The molecule has 0 rings (SSSR count). The number of aliphatic hydroxyl groups is 1. The van der Waals surface area contributed by atoms with Crippen LogP contribution in [0.5, 0.6) is 0 Å². The molecular formula is C62H114O5. The summed E-state index contributed by atoms with van der Waals surface area (Å²) in [7, 11) is 0. The Morgan fingerprint density at radius 3 is 0.970 bits per heavy atom. The summed E-state index contributed by atoms with van der Waals surface area (Å²) < 4.78 is 10.7. The van der Waals surface area contributed by atoms with Crippen LogP contribution in [0, 0.1) is 0 Å². The van der Waals surface area contributed by atoms with Gasteiger partial charge < -0.3 is 14.6 Å². The molecule has 0 saturated carbocycles. The van der Waals surface area contributed by atoms with Crippen molar-refractivity contribution in [3.63, 3.8) is 0 Å². The summed E-state index contributed by atoms with van der Waals surface area (Å²) in [6, 6.07) is 0. The van der Waals surface area contributed by atoms with Crippen LogP contribution >= 0.6 is 0 Å². The van der Waals surface area contributed by atoms with Gasteiger partial charge in [0.15, 0.2) is 6.10 Å². The molecule has 0 saturated heterocycles. The van der Waals surface area contributed by atoms with Gasteiger partial charge in [-0.1, -0.05) is 300 Å². The Morgan fingerprint density at radius 1 is 0.358 bits per heavy atom. The first-order valence-corrected chi connectivity index (χ1v) is 29.7. The van der Waals surface area contributed by atoms with E-state index in [4.69, 9.17) is 9.47 Å². The number of unbranched alkanes of at least 4 members (excludes halogenated alkanes) is 39. The van der Waals surface area contributed by atoms with Crippen molar-refractivity contribution < 1.29 is 24.2 Å². The summed E-state index contributed by atoms with van der Waals surface area (Å²) in [5.74, 6) is -0.581. The Balaban J connectivity index is 3.42. The molecule has 0 aromatic rings. The lowest BCUT2D eigenvalue weighted by atomic mass is 10.0. The van der Waals surface area contributed by atoms with E-state index in [2.05, 4.69) is 62.5 Å². The number of allylic oxidation sites excluding steroid dienone is 8. The first-order chi connectivity index (χ1) is 33.1. The molecule has 1 unspecified atom stereocenters. The Bertz CT molecular complexity index is 1110. The fraction of sp³-hybridized carbons (Fsp3) is 0.839. The molecule has 0 aromatic heterocycles. The first kappa shape index (κ1) is 64.9. The standard InChI is InChI=1S/C62H114O5/c1-3-5-7-9-11-13-15-17-19-21-23-25-27-28-29-30-31-32-33-35-36-38-40-42-44-46-48-50-52-54-56-61(64)66-59-60(58-63)67-62(65)57-55-53-51-49-47-45-43-41-39-37-34-26-24-22-20-18-16-14-12-10-8-6-4-2/h6,8,12,14,18,20,24,26,60,63H,3-5,7,9-11,13,15-17,19,21-23,25,27-59H2,1-2H3/b8-6-,14-12-,20-18-,26-24-. The Hall–Kier alpha value is -2.14. The van der Waals surface area contributed by atoms with Crippen molar-refractivity contribution in [3.8, 4) is 0 Å². The lowest BCUT2D eigenvalue weighted by Crippen LogP contribution is -2.28. The maximum atomic E-state index is 12.3. The molecule has 0 bridgehead atoms. The van der Waals surface area contributed by atoms with Crippen LogP contribution in [0.15, 0.2) is 48.6 Å². The van der Waals surface area contributed by atoms with Crippen molar-refractivity contribution >= 4 is 11.9 Å². The number of ether oxygens (including phenoxy) is 2. The summed E-state index contributed by atoms with van der Waals surface area (Å²) in [6.45, 7) is 4.07. The highest BCUT2D eigenvalue weighted by molar-refractivity contribution is 5.70. The van der Waals surface area contributed by atoms with Crippen LogP contribution in [0.2, 0.25) is 0 Å². The van der Waals surface area contributed by atoms with Crippen LogP contribution in [-0.2, 0) is 19.1 Å². The van der Waals surface area contributed by atoms with E-state index < -0.39 is 6.10 Å². The van der Waals surface area contributed by atoms with E-state index >= 15 is 0 Å². The van der Waals surface area contributed by atoms with Crippen molar-refractivity contribution in [1.29, 1.82) is 0 Å². The van der Waals surface area contributed by atoms with Gasteiger partial charge in [0.25, 0.3) is 0 Å². The van der Waals surface area contributed by atoms with Gasteiger partial charge in [0.2, 0.25) is 0 Å². The van der Waals surface area contributed by atoms with Gasteiger partial charge >= 0.3 is 11.9 Å². The second-order valence-electron chi connectivity index (χ2n) is 20.1. The summed E-state index contributed by atoms with van der Waals surface area (Å²) in [6.07, 6.45) is 76.8. The molecule has 5 nitrogen and oxygen atoms in total.